The van der Waals surface area contributed by atoms with E-state index >= 15 is 0 Å². The van der Waals surface area contributed by atoms with E-state index in [4.69, 9.17) is 0 Å². The highest BCUT2D eigenvalue weighted by Crippen LogP contribution is 2.22. The molecule has 0 atom stereocenters. The van der Waals surface area contributed by atoms with E-state index in [-0.39, 0.29) is 0 Å². The van der Waals surface area contributed by atoms with Crippen molar-refractivity contribution >= 4 is 0 Å². The Morgan fingerprint density at radius 2 is 1.42 bits per heavy atom. The Bertz CT molecular complexity index is 818. The van der Waals surface area contributed by atoms with Crippen LogP contribution >= 0.6 is 0 Å². The zero-order valence-corrected chi connectivity index (χ0v) is 16.0. The summed E-state index contributed by atoms with van der Waals surface area (Å²) >= 11 is 0. The van der Waals surface area contributed by atoms with E-state index in [1.54, 1.807) is 0 Å². The fraction of sp³-hybridized carbons (Fsp3) is 0.320. The molecule has 0 saturated carbocycles. The Balaban J connectivity index is 1.52. The summed E-state index contributed by atoms with van der Waals surface area (Å²) < 4.78 is 0. The number of hydrogen-bond donors (Lipinski definition) is 0. The summed E-state index contributed by atoms with van der Waals surface area (Å²) in [4.78, 5) is 4.69. The van der Waals surface area contributed by atoms with Crippen molar-refractivity contribution in [2.24, 2.45) is 0 Å². The number of pyridine rings is 1. The van der Waals surface area contributed by atoms with Crippen molar-refractivity contribution in [3.8, 4) is 11.1 Å². The number of benzene rings is 2. The van der Waals surface area contributed by atoms with E-state index in [9.17, 15) is 0 Å². The molecule has 0 unspecified atom stereocenters. The number of aromatic nitrogens is 1. The first kappa shape index (κ1) is 18.4. The highest BCUT2D eigenvalue weighted by atomic mass is 14.7. The van der Waals surface area contributed by atoms with Crippen LogP contribution in [0.2, 0.25) is 0 Å². The van der Waals surface area contributed by atoms with Gasteiger partial charge in [-0.3, -0.25) is 4.98 Å². The van der Waals surface area contributed by atoms with Gasteiger partial charge in [0.2, 0.25) is 0 Å². The van der Waals surface area contributed by atoms with Gasteiger partial charge in [0.15, 0.2) is 0 Å². The first-order valence-electron chi connectivity index (χ1n) is 9.85. The molecule has 3 rings (SSSR count). The second-order valence-electron chi connectivity index (χ2n) is 7.08. The molecule has 0 spiro atoms. The zero-order valence-electron chi connectivity index (χ0n) is 16.0. The molecule has 134 valence electrons. The summed E-state index contributed by atoms with van der Waals surface area (Å²) in [6, 6.07) is 21.8. The van der Waals surface area contributed by atoms with Crippen LogP contribution < -0.4 is 0 Å². The maximum absolute atomic E-state index is 4.69. The number of rotatable bonds is 8. The van der Waals surface area contributed by atoms with E-state index in [1.165, 1.54) is 65.6 Å². The maximum Gasteiger partial charge on any atom is 0.0404 e. The number of hydrogen-bond acceptors (Lipinski definition) is 1. The summed E-state index contributed by atoms with van der Waals surface area (Å²) in [7, 11) is 0. The van der Waals surface area contributed by atoms with Crippen LogP contribution in [0.1, 0.15) is 48.6 Å². The van der Waals surface area contributed by atoms with E-state index in [0.717, 1.165) is 6.42 Å². The molecule has 2 aromatic carbocycles. The van der Waals surface area contributed by atoms with Gasteiger partial charge in [0.05, 0.1) is 0 Å². The van der Waals surface area contributed by atoms with Gasteiger partial charge < -0.3 is 0 Å². The van der Waals surface area contributed by atoms with Crippen molar-refractivity contribution in [3.63, 3.8) is 0 Å². The molecule has 0 fully saturated rings. The summed E-state index contributed by atoms with van der Waals surface area (Å²) in [5, 5.41) is 0. The first-order valence-corrected chi connectivity index (χ1v) is 9.85. The fourth-order valence-electron chi connectivity index (χ4n) is 3.56. The second kappa shape index (κ2) is 9.33. The molecule has 0 radical (unpaired) electrons. The fourth-order valence-corrected chi connectivity index (χ4v) is 3.56. The van der Waals surface area contributed by atoms with Gasteiger partial charge in [0, 0.05) is 17.5 Å². The van der Waals surface area contributed by atoms with Gasteiger partial charge in [-0.15, -0.1) is 0 Å². The average Bonchev–Trinajstić information content (AvgIpc) is 2.68. The Kier molecular flexibility index (Phi) is 6.60. The third-order valence-electron chi connectivity index (χ3n) is 5.05. The zero-order chi connectivity index (χ0) is 18.2. The molecule has 3 aromatic rings. The molecular weight excluding hydrogens is 314 g/mol. The molecule has 0 aliphatic rings. The Morgan fingerprint density at radius 3 is 2.12 bits per heavy atom. The monoisotopic (exact) mass is 343 g/mol. The Labute approximate surface area is 158 Å². The van der Waals surface area contributed by atoms with Crippen molar-refractivity contribution in [1.82, 2.24) is 4.98 Å². The van der Waals surface area contributed by atoms with Crippen LogP contribution in [0.5, 0.6) is 0 Å². The summed E-state index contributed by atoms with van der Waals surface area (Å²) in [6.07, 6.45) is 9.08. The molecule has 1 nitrogen and oxygen atoms in total. The molecule has 1 heterocycles. The highest BCUT2D eigenvalue weighted by molar-refractivity contribution is 5.66. The molecule has 0 amide bonds. The average molecular weight is 344 g/mol. The van der Waals surface area contributed by atoms with Gasteiger partial charge >= 0.3 is 0 Å². The maximum atomic E-state index is 4.69. The first-order chi connectivity index (χ1) is 12.8. The molecule has 0 N–H and O–H groups in total. The van der Waals surface area contributed by atoms with Crippen molar-refractivity contribution in [2.45, 2.75) is 52.4 Å². The topological polar surface area (TPSA) is 12.9 Å². The summed E-state index contributed by atoms with van der Waals surface area (Å²) in [5.41, 5.74) is 8.03. The predicted octanol–water partition coefficient (Wildman–Crippen LogP) is 6.57. The minimum absolute atomic E-state index is 1.06. The molecule has 0 aliphatic carbocycles. The van der Waals surface area contributed by atoms with Crippen LogP contribution in [-0.2, 0) is 19.3 Å². The second-order valence-corrected chi connectivity index (χ2v) is 7.08. The van der Waals surface area contributed by atoms with E-state index < -0.39 is 0 Å². The minimum atomic E-state index is 1.06. The Morgan fingerprint density at radius 1 is 0.731 bits per heavy atom. The molecular formula is C25H29N. The van der Waals surface area contributed by atoms with Crippen LogP contribution in [0.15, 0.2) is 66.9 Å². The standard InChI is InChI=1S/C25H29N/c1-3-10-21-12-5-6-13-22(21)14-7-8-15-24-18-17-23(19-26-24)25-16-9-4-11-20(25)2/h4-6,9,11-13,16-19H,3,7-8,10,14-15H2,1-2H3. The van der Waals surface area contributed by atoms with Gasteiger partial charge in [-0.2, -0.15) is 0 Å². The van der Waals surface area contributed by atoms with Crippen LogP contribution in [0.3, 0.4) is 0 Å². The lowest BCUT2D eigenvalue weighted by molar-refractivity contribution is 0.717. The predicted molar refractivity (Wildman–Crippen MR) is 111 cm³/mol. The SMILES string of the molecule is CCCc1ccccc1CCCCc1ccc(-c2ccccc2C)cn1. The number of unbranched alkanes of at least 4 members (excludes halogenated alkanes) is 1. The molecule has 0 saturated heterocycles. The molecule has 0 aliphatic heterocycles. The lowest BCUT2D eigenvalue weighted by atomic mass is 9.98. The van der Waals surface area contributed by atoms with Gasteiger partial charge in [0.1, 0.15) is 0 Å². The third kappa shape index (κ3) is 4.82. The van der Waals surface area contributed by atoms with Crippen LogP contribution in [0.25, 0.3) is 11.1 Å². The van der Waals surface area contributed by atoms with Gasteiger partial charge in [-0.25, -0.2) is 0 Å². The summed E-state index contributed by atoms with van der Waals surface area (Å²) in [5.74, 6) is 0. The Hall–Kier alpha value is -2.41. The van der Waals surface area contributed by atoms with E-state index in [2.05, 4.69) is 79.5 Å². The van der Waals surface area contributed by atoms with Gasteiger partial charge in [-0.05, 0) is 67.3 Å². The molecule has 1 aromatic heterocycles. The lowest BCUT2D eigenvalue weighted by Crippen LogP contribution is -1.96. The quantitative estimate of drug-likeness (QED) is 0.421. The van der Waals surface area contributed by atoms with Crippen molar-refractivity contribution < 1.29 is 0 Å². The third-order valence-corrected chi connectivity index (χ3v) is 5.05. The molecule has 0 bridgehead atoms. The van der Waals surface area contributed by atoms with Crippen molar-refractivity contribution in [2.75, 3.05) is 0 Å². The van der Waals surface area contributed by atoms with Gasteiger partial charge in [-0.1, -0.05) is 67.9 Å². The number of nitrogens with zero attached hydrogens (tertiary/aromatic N) is 1. The van der Waals surface area contributed by atoms with E-state index in [0.29, 0.717) is 0 Å². The normalized spacial score (nSPS) is 10.8. The van der Waals surface area contributed by atoms with Crippen LogP contribution in [0, 0.1) is 6.92 Å². The number of aryl methyl sites for hydroxylation is 4. The largest absolute Gasteiger partial charge is 0.261 e. The van der Waals surface area contributed by atoms with Crippen LogP contribution in [0.4, 0.5) is 0 Å². The van der Waals surface area contributed by atoms with E-state index in [1.807, 2.05) is 6.20 Å². The van der Waals surface area contributed by atoms with Gasteiger partial charge in [0.25, 0.3) is 0 Å². The van der Waals surface area contributed by atoms with Crippen LogP contribution in [-0.4, -0.2) is 4.98 Å². The van der Waals surface area contributed by atoms with Crippen molar-refractivity contribution in [1.29, 1.82) is 0 Å². The lowest BCUT2D eigenvalue weighted by Gasteiger charge is -2.09. The molecule has 26 heavy (non-hydrogen) atoms. The smallest absolute Gasteiger partial charge is 0.0404 e. The highest BCUT2D eigenvalue weighted by Gasteiger charge is 2.04. The molecule has 1 heteroatoms. The minimum Gasteiger partial charge on any atom is -0.261 e. The van der Waals surface area contributed by atoms with Crippen molar-refractivity contribution in [3.05, 3.63) is 89.2 Å². The summed E-state index contributed by atoms with van der Waals surface area (Å²) in [6.45, 7) is 4.41.